The fraction of sp³-hybridized carbons (Fsp3) is 0. The van der Waals surface area contributed by atoms with E-state index in [1.807, 2.05) is 0 Å². The van der Waals surface area contributed by atoms with E-state index in [1.54, 1.807) is 0 Å². The van der Waals surface area contributed by atoms with Crippen molar-refractivity contribution in [2.45, 2.75) is 0 Å². The predicted octanol–water partition coefficient (Wildman–Crippen LogP) is -7.17. The summed E-state index contributed by atoms with van der Waals surface area (Å²) in [5.41, 5.74) is 0. The van der Waals surface area contributed by atoms with Crippen molar-refractivity contribution in [3.63, 3.8) is 0 Å². The Kier molecular flexibility index (Phi) is 46.0. The maximum atomic E-state index is 8.55. The summed E-state index contributed by atoms with van der Waals surface area (Å²) in [7, 11) is -10.8. The minimum atomic E-state index is -5.39. The maximum absolute atomic E-state index is 8.55. The predicted molar refractivity (Wildman–Crippen MR) is 38.2 cm³/mol. The molecule has 14 heteroatoms. The van der Waals surface area contributed by atoms with Gasteiger partial charge >= 0.3 is 136 Å². The van der Waals surface area contributed by atoms with Gasteiger partial charge in [-0.3, -0.25) is 0 Å². The first-order chi connectivity index (χ1) is 4.00. The second-order valence-electron chi connectivity index (χ2n) is 0.894. The molecule has 0 aromatic carbocycles. The van der Waals surface area contributed by atoms with E-state index >= 15 is 0 Å². The van der Waals surface area contributed by atoms with Gasteiger partial charge in [-0.25, -0.2) is 0 Å². The Morgan fingerprint density at radius 3 is 0.571 bits per heavy atom. The molecular weight excluding hydrogens is 464 g/mol. The molecule has 0 spiro atoms. The Morgan fingerprint density at radius 1 is 0.571 bits per heavy atom. The topological polar surface area (TPSA) is 172 Å². The number of rotatable bonds is 0. The van der Waals surface area contributed by atoms with Crippen LogP contribution in [-0.4, -0.2) is 145 Å². The normalized spacial score (nSPS) is 8.43. The van der Waals surface area contributed by atoms with Crippen LogP contribution in [0.15, 0.2) is 0 Å². The largest absolute Gasteiger partial charge is 2.00 e. The van der Waals surface area contributed by atoms with Gasteiger partial charge in [0.15, 0.2) is 0 Å². The third-order valence-electron chi connectivity index (χ3n) is 0. The average Bonchev–Trinajstić information content (AvgIpc) is 1.12. The van der Waals surface area contributed by atoms with Crippen LogP contribution >= 0.6 is 15.6 Å². The fourth-order valence-corrected chi connectivity index (χ4v) is 0. The first-order valence-electron chi connectivity index (χ1n) is 1.46. The molecule has 3 radical (unpaired) electrons. The number of hydrogen-bond acceptors (Lipinski definition) is 8. The van der Waals surface area contributed by atoms with Gasteiger partial charge in [0.25, 0.3) is 0 Å². The van der Waals surface area contributed by atoms with Crippen LogP contribution in [0, 0.1) is 0 Å². The molecule has 0 aromatic heterocycles. The molecule has 67 valence electrons. The zero-order valence-electron chi connectivity index (χ0n) is 6.86. The van der Waals surface area contributed by atoms with E-state index in [0.29, 0.717) is 0 Å². The quantitative estimate of drug-likeness (QED) is 0.252. The Balaban J connectivity index is -0.0000000178. The summed E-state index contributed by atoms with van der Waals surface area (Å²) in [5, 5.41) is 0. The van der Waals surface area contributed by atoms with Crippen LogP contribution in [0.2, 0.25) is 0 Å². The molecule has 14 heavy (non-hydrogen) atoms. The minimum absolute atomic E-state index is 0. The maximum Gasteiger partial charge on any atom is 2.00 e. The number of phosphoric acid groups is 2. The van der Waals surface area contributed by atoms with E-state index in [4.69, 9.17) is 38.5 Å². The van der Waals surface area contributed by atoms with Crippen LogP contribution in [0.1, 0.15) is 0 Å². The summed E-state index contributed by atoms with van der Waals surface area (Å²) >= 11 is 0. The molecular formula is BO8P2Sr3. The molecule has 8 nitrogen and oxygen atoms in total. The second-order valence-corrected chi connectivity index (χ2v) is 2.68. The molecule has 0 rings (SSSR count). The van der Waals surface area contributed by atoms with Gasteiger partial charge in [-0.15, -0.1) is 0 Å². The van der Waals surface area contributed by atoms with Gasteiger partial charge < -0.3 is 38.5 Å². The fourth-order valence-electron chi connectivity index (χ4n) is 0. The molecule has 0 N–H and O–H groups in total. The van der Waals surface area contributed by atoms with Crippen LogP contribution in [0.5, 0.6) is 0 Å². The van der Waals surface area contributed by atoms with E-state index in [9.17, 15) is 0 Å². The van der Waals surface area contributed by atoms with Gasteiger partial charge in [-0.2, -0.15) is 15.6 Å². The first kappa shape index (κ1) is 36.3. The second kappa shape index (κ2) is 17.7. The summed E-state index contributed by atoms with van der Waals surface area (Å²) in [5.74, 6) is 0. The molecule has 0 unspecified atom stereocenters. The average molecular weight is 464 g/mol. The molecule has 0 aliphatic carbocycles. The monoisotopic (exact) mass is 465 g/mol. The Bertz CT molecular complexity index is 135. The summed E-state index contributed by atoms with van der Waals surface area (Å²) in [6.45, 7) is 0. The van der Waals surface area contributed by atoms with Crippen molar-refractivity contribution in [1.82, 2.24) is 0 Å². The molecule has 0 saturated carbocycles. The van der Waals surface area contributed by atoms with Crippen LogP contribution < -0.4 is 29.4 Å². The molecule has 0 aliphatic rings. The van der Waals surface area contributed by atoms with Crippen molar-refractivity contribution in [1.29, 1.82) is 0 Å². The molecule has 0 aliphatic heterocycles. The SMILES string of the molecule is O=P([O-])([O-])[O-].O=P([O-])([O-])[O-].[B].[Sr+2].[Sr+2].[Sr+2]. The van der Waals surface area contributed by atoms with Gasteiger partial charge in [0.2, 0.25) is 0 Å². The summed E-state index contributed by atoms with van der Waals surface area (Å²) in [6, 6.07) is 0. The molecule has 0 amide bonds. The van der Waals surface area contributed by atoms with Crippen molar-refractivity contribution in [3.8, 4) is 0 Å². The first-order valence-corrected chi connectivity index (χ1v) is 4.38. The minimum Gasteiger partial charge on any atom is -0.822 e. The van der Waals surface area contributed by atoms with E-state index in [-0.39, 0.29) is 145 Å². The molecule has 0 aromatic rings. The zero-order chi connectivity index (χ0) is 9.00. The van der Waals surface area contributed by atoms with E-state index in [0.717, 1.165) is 0 Å². The van der Waals surface area contributed by atoms with Crippen molar-refractivity contribution in [2.24, 2.45) is 0 Å². The van der Waals surface area contributed by atoms with E-state index in [2.05, 4.69) is 0 Å². The molecule has 0 saturated heterocycles. The van der Waals surface area contributed by atoms with Gasteiger partial charge in [0, 0.05) is 8.41 Å². The molecule has 0 heterocycles. The van der Waals surface area contributed by atoms with Gasteiger partial charge in [0.1, 0.15) is 0 Å². The summed E-state index contributed by atoms with van der Waals surface area (Å²) in [4.78, 5) is 51.3. The standard InChI is InChI=1S/B.2H3O4P.3Sr/c;2*1-5(2,3)4;;;/h;2*(H3,1,2,3,4);;;/q;;;3*+2/p-6. The van der Waals surface area contributed by atoms with Crippen molar-refractivity contribution < 1.29 is 38.5 Å². The Hall–Kier alpha value is 4.73. The van der Waals surface area contributed by atoms with Crippen molar-refractivity contribution in [2.75, 3.05) is 0 Å². The Labute approximate surface area is 194 Å². The third kappa shape index (κ3) is 185. The van der Waals surface area contributed by atoms with Crippen LogP contribution in [0.25, 0.3) is 0 Å². The van der Waals surface area contributed by atoms with Crippen molar-refractivity contribution >= 4 is 161 Å². The Morgan fingerprint density at radius 2 is 0.571 bits per heavy atom. The molecule has 0 atom stereocenters. The van der Waals surface area contributed by atoms with Gasteiger partial charge in [0.05, 0.1) is 0 Å². The van der Waals surface area contributed by atoms with E-state index < -0.39 is 15.6 Å². The van der Waals surface area contributed by atoms with Gasteiger partial charge in [-0.1, -0.05) is 0 Å². The summed E-state index contributed by atoms with van der Waals surface area (Å²) in [6.07, 6.45) is 0. The van der Waals surface area contributed by atoms with Crippen LogP contribution in [0.4, 0.5) is 0 Å². The smallest absolute Gasteiger partial charge is 0.822 e. The van der Waals surface area contributed by atoms with Gasteiger partial charge in [-0.05, 0) is 0 Å². The van der Waals surface area contributed by atoms with Crippen LogP contribution in [0.3, 0.4) is 0 Å². The molecule has 0 bridgehead atoms. The van der Waals surface area contributed by atoms with E-state index in [1.165, 1.54) is 0 Å². The zero-order valence-corrected chi connectivity index (χ0v) is 19.1. The molecule has 0 fully saturated rings. The van der Waals surface area contributed by atoms with Crippen molar-refractivity contribution in [3.05, 3.63) is 0 Å². The third-order valence-corrected chi connectivity index (χ3v) is 0. The van der Waals surface area contributed by atoms with Crippen LogP contribution in [-0.2, 0) is 9.13 Å². The summed E-state index contributed by atoms with van der Waals surface area (Å²) < 4.78 is 17.1. The number of hydrogen-bond donors (Lipinski definition) is 0.